The van der Waals surface area contributed by atoms with Gasteiger partial charge in [-0.25, -0.2) is 8.42 Å². The standard InChI is InChI=1S/C24H26N4O4S/c1-4-32-23-8-6-18(33(3,30)31)12-21(23)22-15-27(2)24(29)19-7-5-16(11-20(19)22)17-13-26-28(14-17)10-9-25/h5-8,11-15H,4,9-10,25H2,1-3H3. The van der Waals surface area contributed by atoms with Gasteiger partial charge in [-0.05, 0) is 48.2 Å². The van der Waals surface area contributed by atoms with Crippen molar-refractivity contribution < 1.29 is 13.2 Å². The highest BCUT2D eigenvalue weighted by Crippen LogP contribution is 2.37. The van der Waals surface area contributed by atoms with Crippen LogP contribution in [0.4, 0.5) is 0 Å². The Balaban J connectivity index is 2.01. The van der Waals surface area contributed by atoms with Gasteiger partial charge in [0.2, 0.25) is 0 Å². The molecule has 0 fully saturated rings. The van der Waals surface area contributed by atoms with Gasteiger partial charge in [0.15, 0.2) is 9.84 Å². The molecule has 4 rings (SSSR count). The maximum Gasteiger partial charge on any atom is 0.258 e. The monoisotopic (exact) mass is 466 g/mol. The van der Waals surface area contributed by atoms with Crippen LogP contribution in [0.1, 0.15) is 6.92 Å². The number of ether oxygens (including phenoxy) is 1. The summed E-state index contributed by atoms with van der Waals surface area (Å²) >= 11 is 0. The number of benzene rings is 2. The van der Waals surface area contributed by atoms with E-state index in [4.69, 9.17) is 10.5 Å². The highest BCUT2D eigenvalue weighted by molar-refractivity contribution is 7.90. The van der Waals surface area contributed by atoms with Crippen molar-refractivity contribution in [2.24, 2.45) is 12.8 Å². The molecule has 33 heavy (non-hydrogen) atoms. The summed E-state index contributed by atoms with van der Waals surface area (Å²) in [7, 11) is -1.76. The number of rotatable bonds is 7. The Morgan fingerprint density at radius 3 is 2.52 bits per heavy atom. The van der Waals surface area contributed by atoms with E-state index >= 15 is 0 Å². The lowest BCUT2D eigenvalue weighted by Gasteiger charge is -2.16. The van der Waals surface area contributed by atoms with Crippen molar-refractivity contribution in [2.75, 3.05) is 19.4 Å². The summed E-state index contributed by atoms with van der Waals surface area (Å²) in [6, 6.07) is 10.4. The van der Waals surface area contributed by atoms with Crippen molar-refractivity contribution in [1.82, 2.24) is 14.3 Å². The molecule has 2 aromatic heterocycles. The molecule has 9 heteroatoms. The molecular weight excluding hydrogens is 440 g/mol. The van der Waals surface area contributed by atoms with Crippen molar-refractivity contribution >= 4 is 20.6 Å². The molecule has 0 saturated carbocycles. The van der Waals surface area contributed by atoms with Gasteiger partial charge in [0.1, 0.15) is 5.75 Å². The number of fused-ring (bicyclic) bond motifs is 1. The first kappa shape index (κ1) is 22.8. The Bertz CT molecular complexity index is 1500. The van der Waals surface area contributed by atoms with Gasteiger partial charge in [0.25, 0.3) is 5.56 Å². The van der Waals surface area contributed by atoms with Crippen LogP contribution in [0.15, 0.2) is 64.7 Å². The first-order valence-electron chi connectivity index (χ1n) is 10.6. The number of sulfone groups is 1. The van der Waals surface area contributed by atoms with Crippen molar-refractivity contribution in [3.05, 3.63) is 65.3 Å². The van der Waals surface area contributed by atoms with Gasteiger partial charge in [-0.15, -0.1) is 0 Å². The van der Waals surface area contributed by atoms with E-state index < -0.39 is 9.84 Å². The fraction of sp³-hybridized carbons (Fsp3) is 0.250. The van der Waals surface area contributed by atoms with Gasteiger partial charge >= 0.3 is 0 Å². The summed E-state index contributed by atoms with van der Waals surface area (Å²) in [5.41, 5.74) is 8.58. The van der Waals surface area contributed by atoms with Crippen molar-refractivity contribution in [2.45, 2.75) is 18.4 Å². The number of aromatic nitrogens is 3. The van der Waals surface area contributed by atoms with E-state index in [0.717, 1.165) is 11.1 Å². The fourth-order valence-corrected chi connectivity index (χ4v) is 4.51. The molecule has 0 aliphatic heterocycles. The van der Waals surface area contributed by atoms with E-state index in [-0.39, 0.29) is 10.5 Å². The van der Waals surface area contributed by atoms with E-state index in [0.29, 0.717) is 47.3 Å². The van der Waals surface area contributed by atoms with Crippen LogP contribution < -0.4 is 16.0 Å². The molecule has 0 aliphatic rings. The van der Waals surface area contributed by atoms with Gasteiger partial charge in [0.05, 0.1) is 24.2 Å². The summed E-state index contributed by atoms with van der Waals surface area (Å²) < 4.78 is 33.6. The predicted octanol–water partition coefficient (Wildman–Crippen LogP) is 2.83. The summed E-state index contributed by atoms with van der Waals surface area (Å²) in [6.07, 6.45) is 6.55. The van der Waals surface area contributed by atoms with E-state index in [9.17, 15) is 13.2 Å². The van der Waals surface area contributed by atoms with Crippen LogP contribution in [-0.2, 0) is 23.4 Å². The first-order valence-corrected chi connectivity index (χ1v) is 12.5. The molecule has 0 aliphatic carbocycles. The van der Waals surface area contributed by atoms with Crippen LogP contribution in [0, 0.1) is 0 Å². The minimum Gasteiger partial charge on any atom is -0.493 e. The zero-order chi connectivity index (χ0) is 23.8. The molecule has 172 valence electrons. The fourth-order valence-electron chi connectivity index (χ4n) is 3.86. The molecule has 0 atom stereocenters. The predicted molar refractivity (Wildman–Crippen MR) is 129 cm³/mol. The average molecular weight is 467 g/mol. The Hall–Kier alpha value is -3.43. The maximum absolute atomic E-state index is 12.9. The van der Waals surface area contributed by atoms with Gasteiger partial charge in [-0.2, -0.15) is 5.10 Å². The lowest BCUT2D eigenvalue weighted by molar-refractivity contribution is 0.341. The quantitative estimate of drug-likeness (QED) is 0.449. The highest BCUT2D eigenvalue weighted by atomic mass is 32.2. The van der Waals surface area contributed by atoms with Crippen LogP contribution >= 0.6 is 0 Å². The SMILES string of the molecule is CCOc1ccc(S(C)(=O)=O)cc1-c1cn(C)c(=O)c2ccc(-c3cnn(CCN)c3)cc12. The maximum atomic E-state index is 12.9. The van der Waals surface area contributed by atoms with Crippen LogP contribution in [-0.4, -0.2) is 42.2 Å². The summed E-state index contributed by atoms with van der Waals surface area (Å²) in [5, 5.41) is 5.57. The lowest BCUT2D eigenvalue weighted by Crippen LogP contribution is -2.16. The first-order chi connectivity index (χ1) is 15.7. The van der Waals surface area contributed by atoms with Crippen LogP contribution in [0.5, 0.6) is 5.75 Å². The number of aryl methyl sites for hydroxylation is 1. The Kier molecular flexibility index (Phi) is 6.09. The Labute approximate surface area is 192 Å². The molecule has 4 aromatic rings. The molecule has 0 saturated heterocycles. The van der Waals surface area contributed by atoms with Gasteiger partial charge in [0, 0.05) is 54.3 Å². The summed E-state index contributed by atoms with van der Waals surface area (Å²) in [5.74, 6) is 0.547. The van der Waals surface area contributed by atoms with Crippen molar-refractivity contribution in [3.63, 3.8) is 0 Å². The molecule has 0 unspecified atom stereocenters. The highest BCUT2D eigenvalue weighted by Gasteiger charge is 2.18. The van der Waals surface area contributed by atoms with E-state index in [1.54, 1.807) is 42.3 Å². The molecule has 2 N–H and O–H groups in total. The molecule has 2 heterocycles. The normalized spacial score (nSPS) is 11.8. The van der Waals surface area contributed by atoms with Crippen LogP contribution in [0.25, 0.3) is 33.0 Å². The molecule has 8 nitrogen and oxygen atoms in total. The third-order valence-electron chi connectivity index (χ3n) is 5.48. The molecular formula is C24H26N4O4S. The van der Waals surface area contributed by atoms with Crippen LogP contribution in [0.3, 0.4) is 0 Å². The van der Waals surface area contributed by atoms with Crippen molar-refractivity contribution in [3.8, 4) is 28.0 Å². The topological polar surface area (TPSA) is 109 Å². The minimum atomic E-state index is -3.44. The van der Waals surface area contributed by atoms with Gasteiger partial charge in [-0.1, -0.05) is 6.07 Å². The van der Waals surface area contributed by atoms with Gasteiger partial charge < -0.3 is 15.0 Å². The average Bonchev–Trinajstić information content (AvgIpc) is 3.25. The molecule has 0 radical (unpaired) electrons. The molecule has 2 aromatic carbocycles. The Morgan fingerprint density at radius 1 is 1.03 bits per heavy atom. The number of nitrogens with zero attached hydrogens (tertiary/aromatic N) is 3. The number of hydrogen-bond acceptors (Lipinski definition) is 6. The number of hydrogen-bond donors (Lipinski definition) is 1. The summed E-state index contributed by atoms with van der Waals surface area (Å²) in [6.45, 7) is 3.37. The molecule has 0 spiro atoms. The minimum absolute atomic E-state index is 0.142. The smallest absolute Gasteiger partial charge is 0.258 e. The van der Waals surface area contributed by atoms with E-state index in [1.807, 2.05) is 25.3 Å². The third kappa shape index (κ3) is 4.42. The molecule has 0 amide bonds. The van der Waals surface area contributed by atoms with Crippen LogP contribution in [0.2, 0.25) is 0 Å². The van der Waals surface area contributed by atoms with Gasteiger partial charge in [-0.3, -0.25) is 9.48 Å². The van der Waals surface area contributed by atoms with E-state index in [1.165, 1.54) is 16.9 Å². The third-order valence-corrected chi connectivity index (χ3v) is 6.59. The second-order valence-corrected chi connectivity index (χ2v) is 9.88. The largest absolute Gasteiger partial charge is 0.493 e. The number of nitrogens with two attached hydrogens (primary N) is 1. The zero-order valence-electron chi connectivity index (χ0n) is 18.8. The zero-order valence-corrected chi connectivity index (χ0v) is 19.6. The second kappa shape index (κ2) is 8.84. The molecule has 0 bridgehead atoms. The lowest BCUT2D eigenvalue weighted by atomic mass is 9.97. The van der Waals surface area contributed by atoms with E-state index in [2.05, 4.69) is 5.10 Å². The Morgan fingerprint density at radius 2 is 1.82 bits per heavy atom. The summed E-state index contributed by atoms with van der Waals surface area (Å²) in [4.78, 5) is 13.1. The number of pyridine rings is 1. The van der Waals surface area contributed by atoms with Crippen molar-refractivity contribution in [1.29, 1.82) is 0 Å². The second-order valence-electron chi connectivity index (χ2n) is 7.86.